The van der Waals surface area contributed by atoms with E-state index in [0.29, 0.717) is 23.0 Å². The summed E-state index contributed by atoms with van der Waals surface area (Å²) >= 11 is 7.37. The van der Waals surface area contributed by atoms with E-state index in [9.17, 15) is 0 Å². The lowest BCUT2D eigenvalue weighted by Crippen LogP contribution is -2.54. The van der Waals surface area contributed by atoms with E-state index < -0.39 is 0 Å². The van der Waals surface area contributed by atoms with Crippen molar-refractivity contribution in [2.45, 2.75) is 50.6 Å². The maximum atomic E-state index is 6.15. The average molecular weight is 376 g/mol. The van der Waals surface area contributed by atoms with Gasteiger partial charge in [-0.3, -0.25) is 0 Å². The highest BCUT2D eigenvalue weighted by Crippen LogP contribution is 2.52. The van der Waals surface area contributed by atoms with Gasteiger partial charge in [-0.1, -0.05) is 63.9 Å². The van der Waals surface area contributed by atoms with Crippen molar-refractivity contribution in [3.8, 4) is 0 Å². The lowest BCUT2D eigenvalue weighted by Gasteiger charge is -2.53. The zero-order valence-corrected chi connectivity index (χ0v) is 14.1. The molecule has 1 aromatic rings. The fourth-order valence-electron chi connectivity index (χ4n) is 2.89. The van der Waals surface area contributed by atoms with Gasteiger partial charge in [0.2, 0.25) is 0 Å². The molecule has 0 aromatic heterocycles. The van der Waals surface area contributed by atoms with E-state index in [1.807, 2.05) is 6.07 Å². The molecule has 2 rings (SSSR count). The molecule has 18 heavy (non-hydrogen) atoms. The Morgan fingerprint density at radius 1 is 1.28 bits per heavy atom. The van der Waals surface area contributed by atoms with Crippen LogP contribution >= 0.6 is 31.9 Å². The maximum Gasteiger partial charge on any atom is 0.0731 e. The van der Waals surface area contributed by atoms with Gasteiger partial charge in [-0.25, -0.2) is 0 Å². The Morgan fingerprint density at radius 2 is 1.94 bits per heavy atom. The molecule has 0 N–H and O–H groups in total. The normalized spacial score (nSPS) is 25.8. The summed E-state index contributed by atoms with van der Waals surface area (Å²) in [6, 6.07) is 8.28. The second-order valence-electron chi connectivity index (χ2n) is 5.03. The first-order chi connectivity index (χ1) is 8.64. The molecule has 1 nitrogen and oxygen atoms in total. The van der Waals surface area contributed by atoms with Gasteiger partial charge in [-0.15, -0.1) is 0 Å². The van der Waals surface area contributed by atoms with Gasteiger partial charge in [-0.2, -0.15) is 0 Å². The molecule has 0 saturated heterocycles. The number of hydrogen-bond donors (Lipinski definition) is 0. The highest BCUT2D eigenvalue weighted by molar-refractivity contribution is 9.10. The third-order valence-corrected chi connectivity index (χ3v) is 6.46. The van der Waals surface area contributed by atoms with Crippen LogP contribution < -0.4 is 0 Å². The van der Waals surface area contributed by atoms with Crippen LogP contribution in [0, 0.1) is 5.41 Å². The number of halogens is 2. The molecule has 3 heteroatoms. The molecule has 1 fully saturated rings. The van der Waals surface area contributed by atoms with Crippen molar-refractivity contribution in [2.24, 2.45) is 5.41 Å². The molecule has 2 atom stereocenters. The van der Waals surface area contributed by atoms with E-state index in [1.165, 1.54) is 18.4 Å². The third kappa shape index (κ3) is 2.54. The Morgan fingerprint density at radius 3 is 2.50 bits per heavy atom. The van der Waals surface area contributed by atoms with Gasteiger partial charge in [0.25, 0.3) is 0 Å². The van der Waals surface area contributed by atoms with Crippen LogP contribution in [-0.4, -0.2) is 10.9 Å². The van der Waals surface area contributed by atoms with Crippen molar-refractivity contribution in [1.82, 2.24) is 0 Å². The number of rotatable bonds is 5. The van der Waals surface area contributed by atoms with E-state index >= 15 is 0 Å². The lowest BCUT2D eigenvalue weighted by atomic mass is 9.62. The first-order valence-corrected chi connectivity index (χ1v) is 8.34. The van der Waals surface area contributed by atoms with E-state index in [1.54, 1.807) is 0 Å². The topological polar surface area (TPSA) is 9.23 Å². The zero-order chi connectivity index (χ0) is 13.2. The molecular formula is C15H20Br2O. The Bertz CT molecular complexity index is 401. The van der Waals surface area contributed by atoms with E-state index in [4.69, 9.17) is 4.74 Å². The number of ether oxygens (including phenoxy) is 1. The molecule has 1 aliphatic carbocycles. The molecule has 0 bridgehead atoms. The van der Waals surface area contributed by atoms with Crippen molar-refractivity contribution in [1.29, 1.82) is 0 Å². The van der Waals surface area contributed by atoms with Crippen LogP contribution in [0.3, 0.4) is 0 Å². The van der Waals surface area contributed by atoms with Crippen molar-refractivity contribution >= 4 is 31.9 Å². The first kappa shape index (κ1) is 14.5. The second kappa shape index (κ2) is 6.06. The van der Waals surface area contributed by atoms with E-state index in [-0.39, 0.29) is 0 Å². The van der Waals surface area contributed by atoms with Crippen LogP contribution in [-0.2, 0) is 11.3 Å². The van der Waals surface area contributed by atoms with Crippen LogP contribution in [0.1, 0.15) is 38.7 Å². The minimum atomic E-state index is 0.335. The number of benzene rings is 1. The van der Waals surface area contributed by atoms with Crippen molar-refractivity contribution < 1.29 is 4.74 Å². The maximum absolute atomic E-state index is 6.15. The van der Waals surface area contributed by atoms with Crippen molar-refractivity contribution in [3.05, 3.63) is 34.3 Å². The molecule has 0 radical (unpaired) electrons. The third-order valence-electron chi connectivity index (χ3n) is 4.40. The SMILES string of the molecule is CCC1(CC)C(Br)CC1OCc1ccccc1Br. The van der Waals surface area contributed by atoms with Gasteiger partial charge in [-0.05, 0) is 30.9 Å². The number of alkyl halides is 1. The van der Waals surface area contributed by atoms with Crippen LogP contribution in [0.15, 0.2) is 28.7 Å². The quantitative estimate of drug-likeness (QED) is 0.633. The molecule has 2 unspecified atom stereocenters. The van der Waals surface area contributed by atoms with Gasteiger partial charge in [0.15, 0.2) is 0 Å². The Labute approximate surface area is 127 Å². The summed E-state index contributed by atoms with van der Waals surface area (Å²) in [5.74, 6) is 0. The molecule has 0 spiro atoms. The minimum Gasteiger partial charge on any atom is -0.373 e. The molecular weight excluding hydrogens is 356 g/mol. The molecule has 0 aliphatic heterocycles. The highest BCUT2D eigenvalue weighted by atomic mass is 79.9. The van der Waals surface area contributed by atoms with Crippen LogP contribution in [0.5, 0.6) is 0 Å². The van der Waals surface area contributed by atoms with Gasteiger partial charge in [0.05, 0.1) is 12.7 Å². The standard InChI is InChI=1S/C15H20Br2O/c1-3-15(4-2)13(17)9-14(15)18-10-11-7-5-6-8-12(11)16/h5-8,13-14H,3-4,9-10H2,1-2H3. The Balaban J connectivity index is 1.98. The fraction of sp³-hybridized carbons (Fsp3) is 0.600. The summed E-state index contributed by atoms with van der Waals surface area (Å²) < 4.78 is 7.29. The summed E-state index contributed by atoms with van der Waals surface area (Å²) in [7, 11) is 0. The Hall–Kier alpha value is 0.140. The summed E-state index contributed by atoms with van der Waals surface area (Å²) in [5.41, 5.74) is 1.57. The van der Waals surface area contributed by atoms with Crippen LogP contribution in [0.25, 0.3) is 0 Å². The summed E-state index contributed by atoms with van der Waals surface area (Å²) in [6.45, 7) is 5.24. The van der Waals surface area contributed by atoms with E-state index in [0.717, 1.165) is 10.9 Å². The summed E-state index contributed by atoms with van der Waals surface area (Å²) in [6.07, 6.45) is 3.88. The highest BCUT2D eigenvalue weighted by Gasteiger charge is 2.52. The van der Waals surface area contributed by atoms with Gasteiger partial charge in [0, 0.05) is 14.7 Å². The van der Waals surface area contributed by atoms with Crippen LogP contribution in [0.2, 0.25) is 0 Å². The average Bonchev–Trinajstić information content (AvgIpc) is 2.37. The second-order valence-corrected chi connectivity index (χ2v) is 6.99. The summed E-state index contributed by atoms with van der Waals surface area (Å²) in [4.78, 5) is 0.615. The Kier molecular flexibility index (Phi) is 4.90. The largest absolute Gasteiger partial charge is 0.373 e. The molecule has 0 amide bonds. The molecule has 1 aromatic carbocycles. The molecule has 1 aliphatic rings. The fourth-order valence-corrected chi connectivity index (χ4v) is 4.57. The van der Waals surface area contributed by atoms with Crippen molar-refractivity contribution in [3.63, 3.8) is 0 Å². The van der Waals surface area contributed by atoms with Gasteiger partial charge in [0.1, 0.15) is 0 Å². The molecule has 100 valence electrons. The first-order valence-electron chi connectivity index (χ1n) is 6.63. The predicted octanol–water partition coefficient (Wildman–Crippen LogP) is 5.31. The zero-order valence-electron chi connectivity index (χ0n) is 11.0. The summed E-state index contributed by atoms with van der Waals surface area (Å²) in [5, 5.41) is 0. The monoisotopic (exact) mass is 374 g/mol. The number of hydrogen-bond acceptors (Lipinski definition) is 1. The molecule has 1 saturated carbocycles. The lowest BCUT2D eigenvalue weighted by molar-refractivity contribution is -0.115. The predicted molar refractivity (Wildman–Crippen MR) is 83.1 cm³/mol. The van der Waals surface area contributed by atoms with Crippen LogP contribution in [0.4, 0.5) is 0 Å². The smallest absolute Gasteiger partial charge is 0.0731 e. The van der Waals surface area contributed by atoms with Gasteiger partial charge >= 0.3 is 0 Å². The minimum absolute atomic E-state index is 0.335. The van der Waals surface area contributed by atoms with E-state index in [2.05, 4.69) is 63.9 Å². The van der Waals surface area contributed by atoms with Crippen molar-refractivity contribution in [2.75, 3.05) is 0 Å². The molecule has 0 heterocycles. The van der Waals surface area contributed by atoms with Gasteiger partial charge < -0.3 is 4.74 Å².